The molecular formula is C27H38N6O6. The Kier molecular flexibility index (Phi) is 10.0. The summed E-state index contributed by atoms with van der Waals surface area (Å²) in [6.07, 6.45) is 3.06. The van der Waals surface area contributed by atoms with Gasteiger partial charge in [-0.05, 0) is 43.2 Å². The summed E-state index contributed by atoms with van der Waals surface area (Å²) in [5, 5.41) is 16.0. The number of carbonyl (C=O) groups is 5. The quantitative estimate of drug-likeness (QED) is 0.210. The summed E-state index contributed by atoms with van der Waals surface area (Å²) in [4.78, 5) is 67.0. The van der Waals surface area contributed by atoms with E-state index in [0.29, 0.717) is 19.4 Å². The number of hydrogen-bond donors (Lipinski definition) is 6. The number of aromatic amines is 1. The zero-order valence-electron chi connectivity index (χ0n) is 22.3. The molecule has 0 spiro atoms. The van der Waals surface area contributed by atoms with Crippen LogP contribution in [0, 0.1) is 5.92 Å². The predicted molar refractivity (Wildman–Crippen MR) is 144 cm³/mol. The summed E-state index contributed by atoms with van der Waals surface area (Å²) < 4.78 is 0. The molecule has 4 unspecified atom stereocenters. The number of nitrogens with zero attached hydrogens (tertiary/aromatic N) is 1. The number of amides is 4. The number of carbonyl (C=O) groups excluding carboxylic acids is 4. The van der Waals surface area contributed by atoms with Crippen LogP contribution in [0.5, 0.6) is 0 Å². The van der Waals surface area contributed by atoms with Crippen LogP contribution in [0.2, 0.25) is 0 Å². The van der Waals surface area contributed by atoms with Crippen LogP contribution in [-0.2, 0) is 30.4 Å². The van der Waals surface area contributed by atoms with Crippen molar-refractivity contribution in [2.75, 3.05) is 6.54 Å². The van der Waals surface area contributed by atoms with Gasteiger partial charge in [0.15, 0.2) is 0 Å². The van der Waals surface area contributed by atoms with E-state index in [1.807, 2.05) is 38.1 Å². The molecule has 1 aliphatic rings. The van der Waals surface area contributed by atoms with Crippen LogP contribution >= 0.6 is 0 Å². The van der Waals surface area contributed by atoms with Crippen LogP contribution in [-0.4, -0.2) is 75.3 Å². The van der Waals surface area contributed by atoms with Gasteiger partial charge < -0.3 is 37.1 Å². The fraction of sp³-hybridized carbons (Fsp3) is 0.519. The van der Waals surface area contributed by atoms with Gasteiger partial charge in [-0.15, -0.1) is 0 Å². The number of hydrogen-bond acceptors (Lipinski definition) is 6. The second-order valence-corrected chi connectivity index (χ2v) is 10.5. The Morgan fingerprint density at radius 1 is 1.13 bits per heavy atom. The largest absolute Gasteiger partial charge is 0.480 e. The van der Waals surface area contributed by atoms with Gasteiger partial charge >= 0.3 is 5.97 Å². The number of fused-ring (bicyclic) bond motifs is 1. The van der Waals surface area contributed by atoms with Gasteiger partial charge in [-0.2, -0.15) is 0 Å². The third-order valence-corrected chi connectivity index (χ3v) is 6.91. The number of likely N-dealkylation sites (tertiary alicyclic amines) is 1. The number of primary amides is 1. The molecule has 0 bridgehead atoms. The van der Waals surface area contributed by atoms with Crippen molar-refractivity contribution in [3.05, 3.63) is 36.0 Å². The molecule has 1 aliphatic heterocycles. The maximum atomic E-state index is 13.3. The highest BCUT2D eigenvalue weighted by Gasteiger charge is 2.38. The van der Waals surface area contributed by atoms with E-state index in [4.69, 9.17) is 11.5 Å². The molecule has 0 saturated carbocycles. The van der Waals surface area contributed by atoms with Gasteiger partial charge in [0.05, 0.1) is 6.04 Å². The van der Waals surface area contributed by atoms with Gasteiger partial charge in [-0.25, -0.2) is 4.79 Å². The van der Waals surface area contributed by atoms with E-state index in [-0.39, 0.29) is 31.6 Å². The first-order valence-electron chi connectivity index (χ1n) is 13.2. The van der Waals surface area contributed by atoms with E-state index in [2.05, 4.69) is 15.6 Å². The lowest BCUT2D eigenvalue weighted by Gasteiger charge is -2.29. The van der Waals surface area contributed by atoms with Crippen molar-refractivity contribution in [2.45, 2.75) is 76.5 Å². The number of carboxylic acid groups (broad SMARTS) is 1. The molecule has 1 saturated heterocycles. The fourth-order valence-corrected chi connectivity index (χ4v) is 4.90. The average molecular weight is 543 g/mol. The van der Waals surface area contributed by atoms with Crippen molar-refractivity contribution >= 4 is 40.5 Å². The van der Waals surface area contributed by atoms with Gasteiger partial charge in [0.2, 0.25) is 23.6 Å². The Morgan fingerprint density at radius 2 is 1.85 bits per heavy atom. The Bertz CT molecular complexity index is 1210. The molecule has 12 heteroatoms. The monoisotopic (exact) mass is 542 g/mol. The van der Waals surface area contributed by atoms with Crippen molar-refractivity contribution < 1.29 is 29.1 Å². The summed E-state index contributed by atoms with van der Waals surface area (Å²) >= 11 is 0. The lowest BCUT2D eigenvalue weighted by Crippen LogP contribution is -2.57. The predicted octanol–water partition coefficient (Wildman–Crippen LogP) is 0.395. The highest BCUT2D eigenvalue weighted by atomic mass is 16.4. The molecule has 2 aromatic rings. The van der Waals surface area contributed by atoms with Crippen LogP contribution in [0.15, 0.2) is 30.5 Å². The third-order valence-electron chi connectivity index (χ3n) is 6.91. The van der Waals surface area contributed by atoms with Crippen LogP contribution < -0.4 is 22.1 Å². The van der Waals surface area contributed by atoms with E-state index in [1.165, 1.54) is 4.90 Å². The standard InChI is InChI=1S/C27H38N6O6/c1-15(2)12-20(31-25(36)22-8-5-11-33(22)26(37)18(28)9-10-23(29)34)24(35)32-21(27(38)39)13-16-14-30-19-7-4-3-6-17(16)19/h3-4,6-7,14-15,18,20-22,30H,5,8-13,28H2,1-2H3,(H2,29,34)(H,31,36)(H,32,35)(H,38,39). The second kappa shape index (κ2) is 13.2. The molecule has 39 heavy (non-hydrogen) atoms. The van der Waals surface area contributed by atoms with Crippen LogP contribution in [0.3, 0.4) is 0 Å². The molecule has 3 rings (SSSR count). The molecule has 1 fully saturated rings. The van der Waals surface area contributed by atoms with E-state index in [0.717, 1.165) is 16.5 Å². The van der Waals surface area contributed by atoms with Crippen molar-refractivity contribution in [3.63, 3.8) is 0 Å². The number of aliphatic carboxylic acids is 1. The number of para-hydroxylation sites is 1. The molecule has 12 nitrogen and oxygen atoms in total. The summed E-state index contributed by atoms with van der Waals surface area (Å²) in [6.45, 7) is 4.10. The number of nitrogens with two attached hydrogens (primary N) is 2. The topological polar surface area (TPSA) is 201 Å². The summed E-state index contributed by atoms with van der Waals surface area (Å²) in [7, 11) is 0. The number of H-pyrrole nitrogens is 1. The smallest absolute Gasteiger partial charge is 0.326 e. The third kappa shape index (κ3) is 7.79. The summed E-state index contributed by atoms with van der Waals surface area (Å²) in [5.74, 6) is -3.32. The molecule has 2 heterocycles. The van der Waals surface area contributed by atoms with Gasteiger partial charge in [0, 0.05) is 36.5 Å². The molecule has 0 aliphatic carbocycles. The minimum Gasteiger partial charge on any atom is -0.480 e. The van der Waals surface area contributed by atoms with Crippen LogP contribution in [0.4, 0.5) is 0 Å². The molecule has 4 atom stereocenters. The van der Waals surface area contributed by atoms with Crippen molar-refractivity contribution in [1.29, 1.82) is 0 Å². The Balaban J connectivity index is 1.69. The molecule has 0 radical (unpaired) electrons. The minimum absolute atomic E-state index is 0.0153. The van der Waals surface area contributed by atoms with Crippen molar-refractivity contribution in [1.82, 2.24) is 20.5 Å². The lowest BCUT2D eigenvalue weighted by molar-refractivity contribution is -0.143. The van der Waals surface area contributed by atoms with Crippen molar-refractivity contribution in [3.8, 4) is 0 Å². The molecule has 8 N–H and O–H groups in total. The van der Waals surface area contributed by atoms with Crippen LogP contribution in [0.25, 0.3) is 10.9 Å². The Hall–Kier alpha value is -3.93. The number of benzene rings is 1. The van der Waals surface area contributed by atoms with E-state index in [9.17, 15) is 29.1 Å². The van der Waals surface area contributed by atoms with Gasteiger partial charge in [0.25, 0.3) is 0 Å². The number of aromatic nitrogens is 1. The number of nitrogens with one attached hydrogen (secondary N) is 3. The normalized spacial score (nSPS) is 17.5. The lowest BCUT2D eigenvalue weighted by atomic mass is 10.0. The molecular weight excluding hydrogens is 504 g/mol. The fourth-order valence-electron chi connectivity index (χ4n) is 4.90. The zero-order chi connectivity index (χ0) is 28.7. The van der Waals surface area contributed by atoms with E-state index >= 15 is 0 Å². The maximum absolute atomic E-state index is 13.3. The molecule has 1 aromatic heterocycles. The minimum atomic E-state index is -1.21. The van der Waals surface area contributed by atoms with Crippen LogP contribution in [0.1, 0.15) is 51.5 Å². The molecule has 4 amide bonds. The highest BCUT2D eigenvalue weighted by molar-refractivity contribution is 5.94. The SMILES string of the molecule is CC(C)CC(NC(=O)C1CCCN1C(=O)C(N)CCC(N)=O)C(=O)NC(Cc1c[nH]c2ccccc12)C(=O)O. The number of rotatable bonds is 13. The van der Waals surface area contributed by atoms with E-state index in [1.54, 1.807) is 6.20 Å². The zero-order valence-corrected chi connectivity index (χ0v) is 22.3. The maximum Gasteiger partial charge on any atom is 0.326 e. The number of carboxylic acids is 1. The highest BCUT2D eigenvalue weighted by Crippen LogP contribution is 2.21. The second-order valence-electron chi connectivity index (χ2n) is 10.5. The Labute approximate surface area is 226 Å². The van der Waals surface area contributed by atoms with Gasteiger partial charge in [-0.1, -0.05) is 32.0 Å². The van der Waals surface area contributed by atoms with Crippen molar-refractivity contribution in [2.24, 2.45) is 17.4 Å². The van der Waals surface area contributed by atoms with Gasteiger partial charge in [-0.3, -0.25) is 19.2 Å². The first-order valence-corrected chi connectivity index (χ1v) is 13.2. The summed E-state index contributed by atoms with van der Waals surface area (Å²) in [6, 6.07) is 3.47. The molecule has 1 aromatic carbocycles. The van der Waals surface area contributed by atoms with Gasteiger partial charge in [0.1, 0.15) is 18.1 Å². The summed E-state index contributed by atoms with van der Waals surface area (Å²) in [5.41, 5.74) is 12.7. The molecule has 212 valence electrons. The Morgan fingerprint density at radius 3 is 2.51 bits per heavy atom. The first-order chi connectivity index (χ1) is 18.5. The van der Waals surface area contributed by atoms with E-state index < -0.39 is 53.8 Å². The first kappa shape index (κ1) is 29.6. The average Bonchev–Trinajstić information content (AvgIpc) is 3.53.